The summed E-state index contributed by atoms with van der Waals surface area (Å²) in [5.41, 5.74) is 1.07. The van der Waals surface area contributed by atoms with E-state index in [1.165, 1.54) is 12.8 Å². The Balaban J connectivity index is 1.32. The van der Waals surface area contributed by atoms with Gasteiger partial charge in [-0.2, -0.15) is 0 Å². The van der Waals surface area contributed by atoms with Crippen LogP contribution in [0.5, 0.6) is 5.75 Å². The van der Waals surface area contributed by atoms with Gasteiger partial charge in [-0.25, -0.2) is 0 Å². The fourth-order valence-corrected chi connectivity index (χ4v) is 4.38. The summed E-state index contributed by atoms with van der Waals surface area (Å²) < 4.78 is 7.89. The van der Waals surface area contributed by atoms with Crippen LogP contribution in [0.2, 0.25) is 0 Å². The van der Waals surface area contributed by atoms with Crippen molar-refractivity contribution in [2.24, 2.45) is 5.92 Å². The fourth-order valence-electron chi connectivity index (χ4n) is 4.38. The second-order valence-electron chi connectivity index (χ2n) is 8.36. The van der Waals surface area contributed by atoms with Crippen LogP contribution < -0.4 is 4.90 Å². The molecule has 7 nitrogen and oxygen atoms in total. The zero-order chi connectivity index (χ0) is 18.9. The van der Waals surface area contributed by atoms with Gasteiger partial charge in [0.1, 0.15) is 11.6 Å². The van der Waals surface area contributed by atoms with Gasteiger partial charge in [0, 0.05) is 51.8 Å². The van der Waals surface area contributed by atoms with Gasteiger partial charge >= 0.3 is 0 Å². The lowest BCUT2D eigenvalue weighted by molar-refractivity contribution is 0.138. The monoisotopic (exact) mass is 383 g/mol. The fraction of sp³-hybridized carbons (Fsp3) is 0.619. The van der Waals surface area contributed by atoms with Gasteiger partial charge in [-0.1, -0.05) is 12.1 Å². The Morgan fingerprint density at radius 1 is 1.07 bits per heavy atom. The molecule has 28 heavy (non-hydrogen) atoms. The number of phenols is 1. The molecule has 3 fully saturated rings. The van der Waals surface area contributed by atoms with Gasteiger partial charge in [-0.15, -0.1) is 10.2 Å². The summed E-state index contributed by atoms with van der Waals surface area (Å²) in [6.45, 7) is 6.90. The summed E-state index contributed by atoms with van der Waals surface area (Å²) in [6.07, 6.45) is 4.47. The molecule has 7 heteroatoms. The molecule has 3 aliphatic rings. The maximum Gasteiger partial charge on any atom is 0.227 e. The molecule has 1 aromatic carbocycles. The zero-order valence-electron chi connectivity index (χ0n) is 16.3. The Bertz CT molecular complexity index is 805. The Hall–Kier alpha value is -2.12. The lowest BCUT2D eigenvalue weighted by Crippen LogP contribution is -2.51. The molecule has 1 aliphatic carbocycles. The average molecular weight is 383 g/mol. The van der Waals surface area contributed by atoms with E-state index in [0.29, 0.717) is 18.2 Å². The Kier molecular flexibility index (Phi) is 4.94. The second kappa shape index (κ2) is 7.72. The van der Waals surface area contributed by atoms with Gasteiger partial charge in [0.15, 0.2) is 0 Å². The van der Waals surface area contributed by atoms with Crippen molar-refractivity contribution in [3.63, 3.8) is 0 Å². The maximum atomic E-state index is 9.77. The number of rotatable bonds is 6. The Morgan fingerprint density at radius 2 is 1.93 bits per heavy atom. The van der Waals surface area contributed by atoms with E-state index in [9.17, 15) is 5.11 Å². The first kappa shape index (κ1) is 17.9. The van der Waals surface area contributed by atoms with E-state index >= 15 is 0 Å². The van der Waals surface area contributed by atoms with Crippen molar-refractivity contribution < 1.29 is 9.84 Å². The summed E-state index contributed by atoms with van der Waals surface area (Å²) >= 11 is 0. The van der Waals surface area contributed by atoms with Crippen molar-refractivity contribution in [2.45, 2.75) is 38.3 Å². The van der Waals surface area contributed by atoms with E-state index in [1.54, 1.807) is 6.07 Å². The highest BCUT2D eigenvalue weighted by molar-refractivity contribution is 5.35. The Labute approximate surface area is 165 Å². The predicted molar refractivity (Wildman–Crippen MR) is 107 cm³/mol. The van der Waals surface area contributed by atoms with E-state index in [4.69, 9.17) is 4.74 Å². The average Bonchev–Trinajstić information content (AvgIpc) is 3.20. The number of ether oxygens (including phenoxy) is 1. The summed E-state index contributed by atoms with van der Waals surface area (Å²) in [5, 5.41) is 18.9. The van der Waals surface area contributed by atoms with Crippen molar-refractivity contribution in [1.82, 2.24) is 19.7 Å². The van der Waals surface area contributed by atoms with Crippen LogP contribution in [-0.4, -0.2) is 70.2 Å². The summed E-state index contributed by atoms with van der Waals surface area (Å²) in [6, 6.07) is 8.04. The first-order chi connectivity index (χ1) is 13.8. The van der Waals surface area contributed by atoms with Gasteiger partial charge < -0.3 is 14.7 Å². The largest absolute Gasteiger partial charge is 0.508 e. The minimum Gasteiger partial charge on any atom is -0.508 e. The molecule has 0 radical (unpaired) electrons. The molecule has 2 saturated heterocycles. The minimum absolute atomic E-state index is 0.304. The standard InChI is InChI=1S/C21H29N5O2/c27-19-3-1-2-17(12-19)13-20-22-23-21(26(20)14-16-4-5-16)25-9-7-24(8-10-25)18-6-11-28-15-18/h1-3,12,16,18,27H,4-11,13-15H2. The van der Waals surface area contributed by atoms with E-state index in [1.807, 2.05) is 18.2 Å². The minimum atomic E-state index is 0.304. The normalized spacial score (nSPS) is 23.4. The predicted octanol–water partition coefficient (Wildman–Crippen LogP) is 1.90. The summed E-state index contributed by atoms with van der Waals surface area (Å²) in [7, 11) is 0. The van der Waals surface area contributed by atoms with Crippen LogP contribution in [0.25, 0.3) is 0 Å². The number of phenolic OH excluding ortho intramolecular Hbond substituents is 1. The molecule has 0 amide bonds. The van der Waals surface area contributed by atoms with Crippen LogP contribution in [0.4, 0.5) is 5.95 Å². The van der Waals surface area contributed by atoms with Gasteiger partial charge in [0.05, 0.1) is 6.61 Å². The van der Waals surface area contributed by atoms with Gasteiger partial charge in [-0.05, 0) is 42.9 Å². The van der Waals surface area contributed by atoms with Crippen molar-refractivity contribution in [3.8, 4) is 5.75 Å². The number of benzene rings is 1. The second-order valence-corrected chi connectivity index (χ2v) is 8.36. The SMILES string of the molecule is Oc1cccc(Cc2nnc(N3CCN(C4CCOC4)CC3)n2CC2CC2)c1. The van der Waals surface area contributed by atoms with Crippen molar-refractivity contribution in [1.29, 1.82) is 0 Å². The molecule has 0 spiro atoms. The topological polar surface area (TPSA) is 66.7 Å². The third-order valence-electron chi connectivity index (χ3n) is 6.24. The first-order valence-electron chi connectivity index (χ1n) is 10.5. The van der Waals surface area contributed by atoms with Gasteiger partial charge in [-0.3, -0.25) is 9.47 Å². The van der Waals surface area contributed by atoms with Gasteiger partial charge in [0.2, 0.25) is 5.95 Å². The number of hydrogen-bond donors (Lipinski definition) is 1. The van der Waals surface area contributed by atoms with Crippen molar-refractivity contribution in [3.05, 3.63) is 35.7 Å². The maximum absolute atomic E-state index is 9.77. The lowest BCUT2D eigenvalue weighted by Gasteiger charge is -2.37. The zero-order valence-corrected chi connectivity index (χ0v) is 16.3. The third-order valence-corrected chi connectivity index (χ3v) is 6.24. The number of anilines is 1. The van der Waals surface area contributed by atoms with Gasteiger partial charge in [0.25, 0.3) is 0 Å². The Morgan fingerprint density at radius 3 is 2.64 bits per heavy atom. The molecule has 3 heterocycles. The number of nitrogens with zero attached hydrogens (tertiary/aromatic N) is 5. The van der Waals surface area contributed by atoms with Crippen LogP contribution in [-0.2, 0) is 17.7 Å². The molecule has 0 bridgehead atoms. The molecule has 5 rings (SSSR count). The highest BCUT2D eigenvalue weighted by Gasteiger charge is 2.30. The molecule has 1 atom stereocenters. The number of aromatic nitrogens is 3. The highest BCUT2D eigenvalue weighted by Crippen LogP contribution is 2.33. The molecular formula is C21H29N5O2. The molecular weight excluding hydrogens is 354 g/mol. The van der Waals surface area contributed by atoms with E-state index in [-0.39, 0.29) is 0 Å². The summed E-state index contributed by atoms with van der Waals surface area (Å²) in [4.78, 5) is 4.96. The van der Waals surface area contributed by atoms with Crippen LogP contribution in [0.15, 0.2) is 24.3 Å². The molecule has 2 aliphatic heterocycles. The molecule has 2 aromatic rings. The number of piperazine rings is 1. The van der Waals surface area contributed by atoms with Crippen LogP contribution in [0.1, 0.15) is 30.7 Å². The molecule has 1 aromatic heterocycles. The molecule has 1 N–H and O–H groups in total. The molecule has 1 unspecified atom stereocenters. The van der Waals surface area contributed by atoms with Crippen molar-refractivity contribution in [2.75, 3.05) is 44.3 Å². The molecule has 150 valence electrons. The smallest absolute Gasteiger partial charge is 0.227 e. The van der Waals surface area contributed by atoms with Crippen molar-refractivity contribution >= 4 is 5.95 Å². The third kappa shape index (κ3) is 3.86. The van der Waals surface area contributed by atoms with Crippen LogP contribution in [0, 0.1) is 5.92 Å². The number of aromatic hydroxyl groups is 1. The lowest BCUT2D eigenvalue weighted by atomic mass is 10.1. The molecule has 1 saturated carbocycles. The quantitative estimate of drug-likeness (QED) is 0.822. The summed E-state index contributed by atoms with van der Waals surface area (Å²) in [5.74, 6) is 3.08. The highest BCUT2D eigenvalue weighted by atomic mass is 16.5. The number of hydrogen-bond acceptors (Lipinski definition) is 6. The van der Waals surface area contributed by atoms with E-state index < -0.39 is 0 Å². The van der Waals surface area contributed by atoms with Crippen LogP contribution in [0.3, 0.4) is 0 Å². The first-order valence-corrected chi connectivity index (χ1v) is 10.5. The van der Waals surface area contributed by atoms with Crippen LogP contribution >= 0.6 is 0 Å². The van der Waals surface area contributed by atoms with E-state index in [0.717, 1.165) is 75.6 Å². The van der Waals surface area contributed by atoms with E-state index in [2.05, 4.69) is 24.6 Å².